The van der Waals surface area contributed by atoms with Crippen LogP contribution in [0.4, 0.5) is 0 Å². The second kappa shape index (κ2) is 6.49. The van der Waals surface area contributed by atoms with E-state index in [0.717, 1.165) is 6.42 Å². The van der Waals surface area contributed by atoms with Crippen molar-refractivity contribution in [2.24, 2.45) is 5.73 Å². The third-order valence-electron chi connectivity index (χ3n) is 2.96. The normalized spacial score (nSPS) is 11.9. The van der Waals surface area contributed by atoms with Gasteiger partial charge in [-0.3, -0.25) is 14.6 Å². The van der Waals surface area contributed by atoms with Gasteiger partial charge in [-0.05, 0) is 38.1 Å². The molecule has 0 saturated carbocycles. The van der Waals surface area contributed by atoms with Crippen molar-refractivity contribution in [1.29, 1.82) is 0 Å². The standard InChI is InChI=1S/C15H17N3O2S/c1-9(7-12-5-3-10(2)21-12)18-15(20)13-6-4-11(8-17-13)14(16)19/h3-6,8-9H,7H2,1-2H3,(H2,16,19)(H,18,20). The molecule has 0 aliphatic carbocycles. The second-order valence-electron chi connectivity index (χ2n) is 4.89. The fourth-order valence-electron chi connectivity index (χ4n) is 1.92. The first-order valence-corrected chi connectivity index (χ1v) is 7.39. The van der Waals surface area contributed by atoms with Gasteiger partial charge in [-0.25, -0.2) is 0 Å². The molecule has 0 aliphatic rings. The van der Waals surface area contributed by atoms with Gasteiger partial charge >= 0.3 is 0 Å². The van der Waals surface area contributed by atoms with Crippen LogP contribution in [0.5, 0.6) is 0 Å². The fourth-order valence-corrected chi connectivity index (χ4v) is 2.94. The van der Waals surface area contributed by atoms with Crippen LogP contribution in [0.3, 0.4) is 0 Å². The molecular formula is C15H17N3O2S. The molecule has 0 aliphatic heterocycles. The summed E-state index contributed by atoms with van der Waals surface area (Å²) in [6.07, 6.45) is 2.09. The van der Waals surface area contributed by atoms with Gasteiger partial charge in [-0.15, -0.1) is 11.3 Å². The molecule has 0 spiro atoms. The number of aromatic nitrogens is 1. The molecule has 2 aromatic heterocycles. The maximum atomic E-state index is 12.0. The van der Waals surface area contributed by atoms with E-state index in [-0.39, 0.29) is 23.2 Å². The number of nitrogens with zero attached hydrogens (tertiary/aromatic N) is 1. The molecular weight excluding hydrogens is 286 g/mol. The summed E-state index contributed by atoms with van der Waals surface area (Å²) >= 11 is 1.73. The van der Waals surface area contributed by atoms with Gasteiger partial charge < -0.3 is 11.1 Å². The Morgan fingerprint density at radius 2 is 2.10 bits per heavy atom. The molecule has 3 N–H and O–H groups in total. The summed E-state index contributed by atoms with van der Waals surface area (Å²) in [4.78, 5) is 29.4. The summed E-state index contributed by atoms with van der Waals surface area (Å²) < 4.78 is 0. The Kier molecular flexibility index (Phi) is 4.70. The molecule has 1 unspecified atom stereocenters. The molecule has 0 aromatic carbocycles. The average Bonchev–Trinajstić information content (AvgIpc) is 2.83. The van der Waals surface area contributed by atoms with Gasteiger partial charge in [-0.1, -0.05) is 0 Å². The number of nitrogens with one attached hydrogen (secondary N) is 1. The Morgan fingerprint density at radius 1 is 1.33 bits per heavy atom. The highest BCUT2D eigenvalue weighted by Gasteiger charge is 2.13. The van der Waals surface area contributed by atoms with Crippen LogP contribution >= 0.6 is 11.3 Å². The number of thiophene rings is 1. The van der Waals surface area contributed by atoms with Crippen LogP contribution in [0.2, 0.25) is 0 Å². The van der Waals surface area contributed by atoms with Crippen molar-refractivity contribution < 1.29 is 9.59 Å². The first-order valence-electron chi connectivity index (χ1n) is 6.57. The average molecular weight is 303 g/mol. The minimum Gasteiger partial charge on any atom is -0.366 e. The minimum absolute atomic E-state index is 0.00756. The summed E-state index contributed by atoms with van der Waals surface area (Å²) in [5, 5.41) is 2.89. The molecule has 6 heteroatoms. The number of nitrogens with two attached hydrogens (primary N) is 1. The second-order valence-corrected chi connectivity index (χ2v) is 6.26. The quantitative estimate of drug-likeness (QED) is 0.885. The molecule has 0 radical (unpaired) electrons. The topological polar surface area (TPSA) is 85.1 Å². The van der Waals surface area contributed by atoms with Gasteiger partial charge in [0.05, 0.1) is 5.56 Å². The number of amides is 2. The first-order chi connectivity index (χ1) is 9.95. The van der Waals surface area contributed by atoms with E-state index in [1.165, 1.54) is 28.1 Å². The largest absolute Gasteiger partial charge is 0.366 e. The van der Waals surface area contributed by atoms with E-state index in [4.69, 9.17) is 5.73 Å². The number of aryl methyl sites for hydroxylation is 1. The van der Waals surface area contributed by atoms with Gasteiger partial charge in [0.15, 0.2) is 0 Å². The van der Waals surface area contributed by atoms with E-state index in [9.17, 15) is 9.59 Å². The molecule has 2 amide bonds. The van der Waals surface area contributed by atoms with E-state index in [0.29, 0.717) is 0 Å². The van der Waals surface area contributed by atoms with E-state index in [2.05, 4.69) is 29.4 Å². The van der Waals surface area contributed by atoms with E-state index in [1.807, 2.05) is 6.92 Å². The Bertz CT molecular complexity index is 649. The van der Waals surface area contributed by atoms with Crippen LogP contribution in [-0.2, 0) is 6.42 Å². The van der Waals surface area contributed by atoms with Crippen molar-refractivity contribution in [2.45, 2.75) is 26.3 Å². The maximum absolute atomic E-state index is 12.0. The Labute approximate surface area is 127 Å². The lowest BCUT2D eigenvalue weighted by atomic mass is 10.2. The van der Waals surface area contributed by atoms with Crippen LogP contribution < -0.4 is 11.1 Å². The molecule has 0 bridgehead atoms. The zero-order chi connectivity index (χ0) is 15.4. The van der Waals surface area contributed by atoms with Crippen molar-refractivity contribution in [3.63, 3.8) is 0 Å². The van der Waals surface area contributed by atoms with E-state index in [1.54, 1.807) is 11.3 Å². The Balaban J connectivity index is 1.95. The summed E-state index contributed by atoms with van der Waals surface area (Å²) in [6.45, 7) is 4.01. The number of carbonyl (C=O) groups is 2. The summed E-state index contributed by atoms with van der Waals surface area (Å²) in [7, 11) is 0. The van der Waals surface area contributed by atoms with Crippen molar-refractivity contribution in [2.75, 3.05) is 0 Å². The molecule has 2 heterocycles. The molecule has 5 nitrogen and oxygen atoms in total. The zero-order valence-corrected chi connectivity index (χ0v) is 12.7. The van der Waals surface area contributed by atoms with Crippen molar-refractivity contribution in [3.05, 3.63) is 51.5 Å². The number of primary amides is 1. The van der Waals surface area contributed by atoms with E-state index >= 15 is 0 Å². The number of rotatable bonds is 5. The Morgan fingerprint density at radius 3 is 2.62 bits per heavy atom. The molecule has 21 heavy (non-hydrogen) atoms. The fraction of sp³-hybridized carbons (Fsp3) is 0.267. The lowest BCUT2D eigenvalue weighted by Crippen LogP contribution is -2.34. The molecule has 1 atom stereocenters. The van der Waals surface area contributed by atoms with Gasteiger partial charge in [-0.2, -0.15) is 0 Å². The number of carbonyl (C=O) groups excluding carboxylic acids is 2. The zero-order valence-electron chi connectivity index (χ0n) is 11.9. The van der Waals surface area contributed by atoms with Crippen molar-refractivity contribution >= 4 is 23.2 Å². The van der Waals surface area contributed by atoms with Crippen molar-refractivity contribution in [3.8, 4) is 0 Å². The lowest BCUT2D eigenvalue weighted by molar-refractivity contribution is 0.0932. The highest BCUT2D eigenvalue weighted by molar-refractivity contribution is 7.11. The van der Waals surface area contributed by atoms with Crippen LogP contribution in [0.15, 0.2) is 30.5 Å². The number of hydrogen-bond acceptors (Lipinski definition) is 4. The van der Waals surface area contributed by atoms with Crippen LogP contribution in [0.1, 0.15) is 37.5 Å². The van der Waals surface area contributed by atoms with Gasteiger partial charge in [0.2, 0.25) is 5.91 Å². The van der Waals surface area contributed by atoms with Crippen LogP contribution in [-0.4, -0.2) is 22.8 Å². The monoisotopic (exact) mass is 303 g/mol. The van der Waals surface area contributed by atoms with E-state index < -0.39 is 5.91 Å². The predicted octanol–water partition coefficient (Wildman–Crippen LogP) is 1.91. The number of pyridine rings is 1. The Hall–Kier alpha value is -2.21. The minimum atomic E-state index is -0.559. The van der Waals surface area contributed by atoms with Gasteiger partial charge in [0.25, 0.3) is 5.91 Å². The third-order valence-corrected chi connectivity index (χ3v) is 3.98. The molecule has 0 fully saturated rings. The van der Waals surface area contributed by atoms with Crippen LogP contribution in [0, 0.1) is 6.92 Å². The summed E-state index contributed by atoms with van der Waals surface area (Å²) in [6, 6.07) is 7.14. The molecule has 110 valence electrons. The van der Waals surface area contributed by atoms with Gasteiger partial charge in [0, 0.05) is 28.4 Å². The third kappa shape index (κ3) is 4.13. The maximum Gasteiger partial charge on any atom is 0.270 e. The predicted molar refractivity (Wildman–Crippen MR) is 82.4 cm³/mol. The molecule has 2 aromatic rings. The SMILES string of the molecule is Cc1ccc(CC(C)NC(=O)c2ccc(C(N)=O)cn2)s1. The molecule has 0 saturated heterocycles. The summed E-state index contributed by atoms with van der Waals surface area (Å²) in [5.41, 5.74) is 5.69. The number of hydrogen-bond donors (Lipinski definition) is 2. The molecule has 2 rings (SSSR count). The smallest absolute Gasteiger partial charge is 0.270 e. The highest BCUT2D eigenvalue weighted by atomic mass is 32.1. The first kappa shape index (κ1) is 15.2. The van der Waals surface area contributed by atoms with Crippen LogP contribution in [0.25, 0.3) is 0 Å². The van der Waals surface area contributed by atoms with Gasteiger partial charge in [0.1, 0.15) is 5.69 Å². The lowest BCUT2D eigenvalue weighted by Gasteiger charge is -2.12. The van der Waals surface area contributed by atoms with Crippen molar-refractivity contribution in [1.82, 2.24) is 10.3 Å². The summed E-state index contributed by atoms with van der Waals surface area (Å²) in [5.74, 6) is -0.817. The highest BCUT2D eigenvalue weighted by Crippen LogP contribution is 2.16.